The van der Waals surface area contributed by atoms with Gasteiger partial charge in [-0.1, -0.05) is 0 Å². The number of nitrogens with zero attached hydrogens (tertiary/aromatic N) is 10. The normalized spacial score (nSPS) is 24.9. The summed E-state index contributed by atoms with van der Waals surface area (Å²) >= 11 is 0. The van der Waals surface area contributed by atoms with Gasteiger partial charge in [-0.05, 0) is 52.0 Å². The van der Waals surface area contributed by atoms with Gasteiger partial charge in [0.15, 0.2) is 22.8 Å². The molecule has 4 unspecified atom stereocenters. The standard InChI is InChI=1S/C31H34N12O5/c1-17-13-40(15-30(3,47-17)21-11-23-36-25(19-7-5-9-45-19)38-42(23)27(32)34-21)29(44)41-14-18(2)48-31(4,16-41)22-12-24-37-26(20-8-6-10-46-20)39-43(24)28(33)35-22/h5-12,17-18H,13-16H2,1-4H3,(H2,32,34)(H2,33,35). The first-order valence-electron chi connectivity index (χ1n) is 15.5. The lowest BCUT2D eigenvalue weighted by Gasteiger charge is -2.48. The van der Waals surface area contributed by atoms with Crippen molar-refractivity contribution in [3.8, 4) is 23.2 Å². The second-order valence-corrected chi connectivity index (χ2v) is 12.7. The maximum absolute atomic E-state index is 14.3. The number of morpholine rings is 2. The third-order valence-electron chi connectivity index (χ3n) is 8.67. The molecule has 4 N–H and O–H groups in total. The molecule has 0 aliphatic carbocycles. The summed E-state index contributed by atoms with van der Waals surface area (Å²) in [6, 6.07) is 10.4. The summed E-state index contributed by atoms with van der Waals surface area (Å²) in [6.07, 6.45) is 2.51. The summed E-state index contributed by atoms with van der Waals surface area (Å²) in [5.41, 5.74) is 12.7. The predicted octanol–water partition coefficient (Wildman–Crippen LogP) is 2.94. The maximum Gasteiger partial charge on any atom is 0.320 e. The van der Waals surface area contributed by atoms with Crippen molar-refractivity contribution in [2.45, 2.75) is 51.1 Å². The van der Waals surface area contributed by atoms with Crippen LogP contribution in [0.25, 0.3) is 34.5 Å². The highest BCUT2D eigenvalue weighted by atomic mass is 16.5. The Morgan fingerprint density at radius 1 is 0.750 bits per heavy atom. The minimum atomic E-state index is -0.985. The molecule has 2 saturated heterocycles. The first-order chi connectivity index (χ1) is 23.0. The van der Waals surface area contributed by atoms with Gasteiger partial charge in [0.05, 0.1) is 49.2 Å². The molecular formula is C31H34N12O5. The third kappa shape index (κ3) is 4.98. The van der Waals surface area contributed by atoms with Crippen molar-refractivity contribution in [3.05, 3.63) is 60.3 Å². The summed E-state index contributed by atoms with van der Waals surface area (Å²) in [7, 11) is 0. The number of aromatic nitrogens is 8. The molecule has 248 valence electrons. The van der Waals surface area contributed by atoms with Crippen molar-refractivity contribution < 1.29 is 23.1 Å². The molecule has 2 amide bonds. The van der Waals surface area contributed by atoms with Gasteiger partial charge in [-0.15, -0.1) is 10.2 Å². The second-order valence-electron chi connectivity index (χ2n) is 12.7. The minimum Gasteiger partial charge on any atom is -0.461 e. The highest BCUT2D eigenvalue weighted by Gasteiger charge is 2.45. The average molecular weight is 655 g/mol. The second kappa shape index (κ2) is 10.7. The smallest absolute Gasteiger partial charge is 0.320 e. The number of fused-ring (bicyclic) bond motifs is 2. The molecule has 48 heavy (non-hydrogen) atoms. The Kier molecular flexibility index (Phi) is 6.68. The van der Waals surface area contributed by atoms with E-state index in [0.717, 1.165) is 0 Å². The van der Waals surface area contributed by atoms with Gasteiger partial charge in [-0.2, -0.15) is 9.03 Å². The number of carbonyl (C=O) groups is 1. The van der Waals surface area contributed by atoms with Crippen molar-refractivity contribution in [1.82, 2.24) is 49.0 Å². The lowest BCUT2D eigenvalue weighted by atomic mass is 9.96. The van der Waals surface area contributed by atoms with E-state index in [1.54, 1.807) is 58.7 Å². The molecular weight excluding hydrogens is 620 g/mol. The quantitative estimate of drug-likeness (QED) is 0.281. The Labute approximate surface area is 273 Å². The summed E-state index contributed by atoms with van der Waals surface area (Å²) in [4.78, 5) is 36.3. The average Bonchev–Trinajstić information content (AvgIpc) is 3.86. The van der Waals surface area contributed by atoms with E-state index >= 15 is 0 Å². The summed E-state index contributed by atoms with van der Waals surface area (Å²) in [5, 5.41) is 8.88. The molecule has 0 aromatic carbocycles. The number of anilines is 2. The van der Waals surface area contributed by atoms with Gasteiger partial charge >= 0.3 is 6.03 Å². The highest BCUT2D eigenvalue weighted by Crippen LogP contribution is 2.36. The summed E-state index contributed by atoms with van der Waals surface area (Å²) < 4.78 is 26.7. The number of ether oxygens (including phenoxy) is 2. The Morgan fingerprint density at radius 2 is 1.19 bits per heavy atom. The Balaban J connectivity index is 1.06. The molecule has 0 radical (unpaired) electrons. The van der Waals surface area contributed by atoms with E-state index in [4.69, 9.17) is 29.8 Å². The minimum absolute atomic E-state index is 0.138. The zero-order valence-corrected chi connectivity index (χ0v) is 26.8. The van der Waals surface area contributed by atoms with E-state index in [-0.39, 0.29) is 43.2 Å². The van der Waals surface area contributed by atoms with Crippen LogP contribution in [0.5, 0.6) is 0 Å². The molecule has 0 spiro atoms. The van der Waals surface area contributed by atoms with E-state index < -0.39 is 11.2 Å². The maximum atomic E-state index is 14.3. The van der Waals surface area contributed by atoms with Crippen molar-refractivity contribution >= 4 is 29.2 Å². The molecule has 2 aliphatic rings. The van der Waals surface area contributed by atoms with Crippen molar-refractivity contribution in [2.24, 2.45) is 0 Å². The van der Waals surface area contributed by atoms with Crippen LogP contribution >= 0.6 is 0 Å². The largest absolute Gasteiger partial charge is 0.461 e. The number of amides is 2. The molecule has 0 bridgehead atoms. The lowest BCUT2D eigenvalue weighted by molar-refractivity contribution is -0.152. The van der Waals surface area contributed by atoms with Gasteiger partial charge in [-0.25, -0.2) is 24.7 Å². The molecule has 2 aliphatic heterocycles. The van der Waals surface area contributed by atoms with E-state index in [9.17, 15) is 4.79 Å². The van der Waals surface area contributed by atoms with Crippen LogP contribution in [0.4, 0.5) is 16.7 Å². The first kappa shape index (κ1) is 29.8. The molecule has 6 aromatic heterocycles. The fourth-order valence-electron chi connectivity index (χ4n) is 6.67. The Hall–Kier alpha value is -5.55. The number of nitrogen functional groups attached to an aromatic ring is 2. The van der Waals surface area contributed by atoms with Gasteiger partial charge in [0.1, 0.15) is 11.2 Å². The van der Waals surface area contributed by atoms with Gasteiger partial charge in [0.25, 0.3) is 0 Å². The van der Waals surface area contributed by atoms with Crippen molar-refractivity contribution in [1.29, 1.82) is 0 Å². The fraction of sp³-hybridized carbons (Fsp3) is 0.387. The van der Waals surface area contributed by atoms with Gasteiger partial charge in [-0.3, -0.25) is 0 Å². The van der Waals surface area contributed by atoms with Crippen LogP contribution in [0.15, 0.2) is 57.8 Å². The topological polar surface area (TPSA) is 206 Å². The highest BCUT2D eigenvalue weighted by molar-refractivity contribution is 5.75. The number of nitrogens with two attached hydrogens (primary N) is 2. The van der Waals surface area contributed by atoms with E-state index in [0.29, 0.717) is 58.9 Å². The van der Waals surface area contributed by atoms with Gasteiger partial charge in [0.2, 0.25) is 23.5 Å². The number of hydrogen-bond donors (Lipinski definition) is 2. The van der Waals surface area contributed by atoms with Crippen LogP contribution in [0.3, 0.4) is 0 Å². The Morgan fingerprint density at radius 3 is 1.58 bits per heavy atom. The van der Waals surface area contributed by atoms with Crippen LogP contribution in [-0.4, -0.2) is 93.4 Å². The molecule has 8 heterocycles. The molecule has 17 nitrogen and oxygen atoms in total. The number of furan rings is 2. The molecule has 17 heteroatoms. The van der Waals surface area contributed by atoms with E-state index in [2.05, 4.69) is 30.1 Å². The fourth-order valence-corrected chi connectivity index (χ4v) is 6.67. The summed E-state index contributed by atoms with van der Waals surface area (Å²) in [6.45, 7) is 8.87. The lowest BCUT2D eigenvalue weighted by Crippen LogP contribution is -2.61. The van der Waals surface area contributed by atoms with Gasteiger partial charge < -0.3 is 39.6 Å². The van der Waals surface area contributed by atoms with E-state index in [1.807, 2.05) is 27.7 Å². The molecule has 0 saturated carbocycles. The summed E-state index contributed by atoms with van der Waals surface area (Å²) in [5.74, 6) is 2.06. The molecule has 4 atom stereocenters. The van der Waals surface area contributed by atoms with Crippen molar-refractivity contribution in [2.75, 3.05) is 37.6 Å². The van der Waals surface area contributed by atoms with Crippen LogP contribution in [0, 0.1) is 0 Å². The van der Waals surface area contributed by atoms with Crippen LogP contribution < -0.4 is 11.5 Å². The predicted molar refractivity (Wildman–Crippen MR) is 170 cm³/mol. The number of urea groups is 1. The molecule has 6 aromatic rings. The number of carbonyl (C=O) groups excluding carboxylic acids is 1. The van der Waals surface area contributed by atoms with E-state index in [1.165, 1.54) is 9.03 Å². The van der Waals surface area contributed by atoms with Crippen molar-refractivity contribution in [3.63, 3.8) is 0 Å². The van der Waals surface area contributed by atoms with Crippen LogP contribution in [0.1, 0.15) is 39.1 Å². The van der Waals surface area contributed by atoms with Crippen LogP contribution in [-0.2, 0) is 20.7 Å². The first-order valence-corrected chi connectivity index (χ1v) is 15.5. The molecule has 2 fully saturated rings. The monoisotopic (exact) mass is 654 g/mol. The molecule has 8 rings (SSSR count). The van der Waals surface area contributed by atoms with Gasteiger partial charge in [0, 0.05) is 25.2 Å². The number of rotatable bonds is 4. The third-order valence-corrected chi connectivity index (χ3v) is 8.67. The van der Waals surface area contributed by atoms with Crippen LogP contribution in [0.2, 0.25) is 0 Å². The Bertz CT molecular complexity index is 1990. The zero-order valence-electron chi connectivity index (χ0n) is 26.8. The zero-order chi connectivity index (χ0) is 33.4. The SMILES string of the molecule is CC1CN(C(=O)N2CC(C)OC(C)(c3cc4nc(-c5ccco5)nn4c(N)n3)C2)CC(C)(c2cc3nc(-c4ccco4)nn3c(N)n2)O1. The number of hydrogen-bond acceptors (Lipinski definition) is 13.